The third-order valence-electron chi connectivity index (χ3n) is 3.94. The lowest BCUT2D eigenvalue weighted by atomic mass is 10.1. The van der Waals surface area contributed by atoms with Gasteiger partial charge < -0.3 is 5.32 Å². The molecule has 110 valence electrons. The van der Waals surface area contributed by atoms with E-state index in [1.807, 2.05) is 0 Å². The van der Waals surface area contributed by atoms with Gasteiger partial charge in [0, 0.05) is 12.6 Å². The standard InChI is InChI=1S/C15H18N4O2/c1-11-2-3-12-4-5-15(14(12)8-11)16-6-7-18-10-13(9-17-18)19(20)21/h2-3,8-10,15-16H,4-7H2,1H3. The first-order valence-corrected chi connectivity index (χ1v) is 7.13. The van der Waals surface area contributed by atoms with E-state index >= 15 is 0 Å². The predicted octanol–water partition coefficient (Wildman–Crippen LogP) is 2.38. The number of hydrogen-bond acceptors (Lipinski definition) is 4. The van der Waals surface area contributed by atoms with Crippen molar-refractivity contribution in [3.8, 4) is 0 Å². The summed E-state index contributed by atoms with van der Waals surface area (Å²) in [6.07, 6.45) is 4.97. The Labute approximate surface area is 122 Å². The number of aryl methyl sites for hydroxylation is 2. The molecule has 1 heterocycles. The molecule has 1 atom stereocenters. The molecule has 0 radical (unpaired) electrons. The third-order valence-corrected chi connectivity index (χ3v) is 3.94. The Morgan fingerprint density at radius 1 is 1.52 bits per heavy atom. The lowest BCUT2D eigenvalue weighted by Gasteiger charge is -2.14. The minimum Gasteiger partial charge on any atom is -0.308 e. The smallest absolute Gasteiger partial charge is 0.306 e. The third kappa shape index (κ3) is 2.95. The molecule has 6 heteroatoms. The van der Waals surface area contributed by atoms with Crippen LogP contribution in [-0.2, 0) is 13.0 Å². The van der Waals surface area contributed by atoms with E-state index in [4.69, 9.17) is 0 Å². The van der Waals surface area contributed by atoms with Gasteiger partial charge in [-0.05, 0) is 30.9 Å². The molecule has 1 aliphatic rings. The summed E-state index contributed by atoms with van der Waals surface area (Å²) in [6, 6.07) is 7.00. The van der Waals surface area contributed by atoms with Crippen LogP contribution in [0, 0.1) is 17.0 Å². The molecular weight excluding hydrogens is 268 g/mol. The highest BCUT2D eigenvalue weighted by Crippen LogP contribution is 2.31. The average Bonchev–Trinajstić information content (AvgIpc) is 3.06. The molecule has 1 unspecified atom stereocenters. The van der Waals surface area contributed by atoms with Crippen LogP contribution in [0.2, 0.25) is 0 Å². The van der Waals surface area contributed by atoms with Crippen molar-refractivity contribution in [1.82, 2.24) is 15.1 Å². The number of rotatable bonds is 5. The monoisotopic (exact) mass is 286 g/mol. The molecule has 0 bridgehead atoms. The van der Waals surface area contributed by atoms with Gasteiger partial charge in [0.05, 0.1) is 11.5 Å². The molecule has 21 heavy (non-hydrogen) atoms. The molecule has 1 aromatic carbocycles. The van der Waals surface area contributed by atoms with Gasteiger partial charge in [-0.15, -0.1) is 0 Å². The zero-order valence-corrected chi connectivity index (χ0v) is 12.0. The van der Waals surface area contributed by atoms with E-state index in [9.17, 15) is 10.1 Å². The lowest BCUT2D eigenvalue weighted by molar-refractivity contribution is -0.385. The summed E-state index contributed by atoms with van der Waals surface area (Å²) in [7, 11) is 0. The average molecular weight is 286 g/mol. The predicted molar refractivity (Wildman–Crippen MR) is 79.1 cm³/mol. The number of benzene rings is 1. The molecule has 1 aliphatic carbocycles. The summed E-state index contributed by atoms with van der Waals surface area (Å²) in [6.45, 7) is 3.49. The van der Waals surface area contributed by atoms with Crippen LogP contribution in [0.15, 0.2) is 30.6 Å². The molecule has 0 fully saturated rings. The number of nitrogens with zero attached hydrogens (tertiary/aromatic N) is 3. The number of aromatic nitrogens is 2. The molecule has 0 saturated carbocycles. The Morgan fingerprint density at radius 3 is 3.14 bits per heavy atom. The molecule has 0 aliphatic heterocycles. The van der Waals surface area contributed by atoms with Crippen LogP contribution in [-0.4, -0.2) is 21.2 Å². The summed E-state index contributed by atoms with van der Waals surface area (Å²) >= 11 is 0. The normalized spacial score (nSPS) is 16.9. The van der Waals surface area contributed by atoms with Crippen LogP contribution in [0.4, 0.5) is 5.69 Å². The molecule has 2 aromatic rings. The second kappa shape index (κ2) is 5.65. The van der Waals surface area contributed by atoms with Crippen molar-refractivity contribution in [3.63, 3.8) is 0 Å². The van der Waals surface area contributed by atoms with Crippen LogP contribution >= 0.6 is 0 Å². The highest BCUT2D eigenvalue weighted by molar-refractivity contribution is 5.37. The Kier molecular flexibility index (Phi) is 3.70. The van der Waals surface area contributed by atoms with Crippen molar-refractivity contribution in [1.29, 1.82) is 0 Å². The molecule has 3 rings (SSSR count). The van der Waals surface area contributed by atoms with Crippen LogP contribution in [0.5, 0.6) is 0 Å². The largest absolute Gasteiger partial charge is 0.308 e. The van der Waals surface area contributed by atoms with Crippen molar-refractivity contribution >= 4 is 5.69 Å². The highest BCUT2D eigenvalue weighted by Gasteiger charge is 2.21. The first-order chi connectivity index (χ1) is 10.1. The minimum absolute atomic E-state index is 0.0387. The summed E-state index contributed by atoms with van der Waals surface area (Å²) in [5, 5.41) is 18.1. The number of nitro groups is 1. The highest BCUT2D eigenvalue weighted by atomic mass is 16.6. The maximum atomic E-state index is 10.6. The van der Waals surface area contributed by atoms with E-state index in [2.05, 4.69) is 35.5 Å². The number of hydrogen-bond donors (Lipinski definition) is 1. The number of nitrogens with one attached hydrogen (secondary N) is 1. The minimum atomic E-state index is -0.424. The first-order valence-electron chi connectivity index (χ1n) is 7.13. The lowest BCUT2D eigenvalue weighted by Crippen LogP contribution is -2.24. The van der Waals surface area contributed by atoms with E-state index in [1.165, 1.54) is 29.1 Å². The van der Waals surface area contributed by atoms with Gasteiger partial charge in [-0.25, -0.2) is 0 Å². The molecular formula is C15H18N4O2. The molecule has 0 amide bonds. The molecule has 6 nitrogen and oxygen atoms in total. The van der Waals surface area contributed by atoms with Crippen LogP contribution in [0.3, 0.4) is 0 Å². The van der Waals surface area contributed by atoms with Gasteiger partial charge >= 0.3 is 5.69 Å². The van der Waals surface area contributed by atoms with Crippen LogP contribution in [0.1, 0.15) is 29.2 Å². The van der Waals surface area contributed by atoms with Gasteiger partial charge in [-0.2, -0.15) is 5.10 Å². The van der Waals surface area contributed by atoms with Crippen LogP contribution < -0.4 is 5.32 Å². The van der Waals surface area contributed by atoms with Crippen molar-refractivity contribution in [2.45, 2.75) is 32.4 Å². The van der Waals surface area contributed by atoms with Gasteiger partial charge in [-0.3, -0.25) is 14.8 Å². The van der Waals surface area contributed by atoms with Gasteiger partial charge in [0.1, 0.15) is 12.4 Å². The maximum absolute atomic E-state index is 10.6. The fraction of sp³-hybridized carbons (Fsp3) is 0.400. The Morgan fingerprint density at radius 2 is 2.38 bits per heavy atom. The molecule has 1 N–H and O–H groups in total. The maximum Gasteiger partial charge on any atom is 0.306 e. The summed E-state index contributed by atoms with van der Waals surface area (Å²) in [4.78, 5) is 10.2. The Hall–Kier alpha value is -2.21. The van der Waals surface area contributed by atoms with Crippen molar-refractivity contribution < 1.29 is 4.92 Å². The fourth-order valence-electron chi connectivity index (χ4n) is 2.86. The molecule has 1 aromatic heterocycles. The second-order valence-electron chi connectivity index (χ2n) is 5.47. The molecule has 0 spiro atoms. The number of fused-ring (bicyclic) bond motifs is 1. The van der Waals surface area contributed by atoms with Gasteiger partial charge in [0.2, 0.25) is 0 Å². The molecule has 0 saturated heterocycles. The Bertz CT molecular complexity index is 665. The van der Waals surface area contributed by atoms with Gasteiger partial charge in [-0.1, -0.05) is 23.8 Å². The van der Waals surface area contributed by atoms with Gasteiger partial charge in [0.15, 0.2) is 0 Å². The zero-order chi connectivity index (χ0) is 14.8. The van der Waals surface area contributed by atoms with Crippen molar-refractivity contribution in [2.75, 3.05) is 6.54 Å². The summed E-state index contributed by atoms with van der Waals surface area (Å²) in [5.74, 6) is 0. The summed E-state index contributed by atoms with van der Waals surface area (Å²) in [5.41, 5.74) is 4.14. The Balaban J connectivity index is 1.57. The zero-order valence-electron chi connectivity index (χ0n) is 12.0. The van der Waals surface area contributed by atoms with E-state index in [-0.39, 0.29) is 5.69 Å². The van der Waals surface area contributed by atoms with Gasteiger partial charge in [0.25, 0.3) is 0 Å². The van der Waals surface area contributed by atoms with E-state index in [1.54, 1.807) is 4.68 Å². The van der Waals surface area contributed by atoms with E-state index < -0.39 is 4.92 Å². The van der Waals surface area contributed by atoms with E-state index in [0.29, 0.717) is 12.6 Å². The first kappa shape index (κ1) is 13.8. The van der Waals surface area contributed by atoms with Crippen LogP contribution in [0.25, 0.3) is 0 Å². The quantitative estimate of drug-likeness (QED) is 0.676. The SMILES string of the molecule is Cc1ccc2c(c1)C(NCCn1cc([N+](=O)[O-])cn1)CC2. The van der Waals surface area contributed by atoms with Crippen molar-refractivity contribution in [3.05, 3.63) is 57.4 Å². The topological polar surface area (TPSA) is 73.0 Å². The van der Waals surface area contributed by atoms with E-state index in [0.717, 1.165) is 19.4 Å². The fourth-order valence-corrected chi connectivity index (χ4v) is 2.86. The van der Waals surface area contributed by atoms with Crippen molar-refractivity contribution in [2.24, 2.45) is 0 Å². The summed E-state index contributed by atoms with van der Waals surface area (Å²) < 4.78 is 1.61. The second-order valence-corrected chi connectivity index (χ2v) is 5.47.